The molecule has 1 heterocycles. The molecule has 0 aliphatic carbocycles. The molecule has 0 atom stereocenters. The SMILES string of the molecule is Cn1cncc1COc1ccc(Cl)c(C(=O)O)c1. The Balaban J connectivity index is 2.13. The maximum Gasteiger partial charge on any atom is 0.337 e. The lowest BCUT2D eigenvalue weighted by atomic mass is 10.2. The number of imidazole rings is 1. The summed E-state index contributed by atoms with van der Waals surface area (Å²) in [6.45, 7) is 0.317. The monoisotopic (exact) mass is 266 g/mol. The number of aryl methyl sites for hydroxylation is 1. The first-order valence-corrected chi connectivity index (χ1v) is 5.56. The number of ether oxygens (including phenoxy) is 1. The van der Waals surface area contributed by atoms with Crippen molar-refractivity contribution in [2.24, 2.45) is 7.05 Å². The molecule has 18 heavy (non-hydrogen) atoms. The molecule has 0 radical (unpaired) electrons. The summed E-state index contributed by atoms with van der Waals surface area (Å²) in [7, 11) is 1.86. The highest BCUT2D eigenvalue weighted by Gasteiger charge is 2.10. The summed E-state index contributed by atoms with van der Waals surface area (Å²) in [5.41, 5.74) is 0.918. The minimum absolute atomic E-state index is 0.0270. The summed E-state index contributed by atoms with van der Waals surface area (Å²) in [5.74, 6) is -0.621. The van der Waals surface area contributed by atoms with Gasteiger partial charge in [0.25, 0.3) is 0 Å². The van der Waals surface area contributed by atoms with Crippen LogP contribution in [0.2, 0.25) is 5.02 Å². The first-order chi connectivity index (χ1) is 8.58. The van der Waals surface area contributed by atoms with Crippen molar-refractivity contribution >= 4 is 17.6 Å². The minimum Gasteiger partial charge on any atom is -0.487 e. The Hall–Kier alpha value is -2.01. The van der Waals surface area contributed by atoms with Gasteiger partial charge in [-0.25, -0.2) is 9.78 Å². The predicted octanol–water partition coefficient (Wildman–Crippen LogP) is 2.35. The van der Waals surface area contributed by atoms with Crippen LogP contribution in [-0.2, 0) is 13.7 Å². The number of carboxylic acid groups (broad SMARTS) is 1. The number of nitrogens with zero attached hydrogens (tertiary/aromatic N) is 2. The molecule has 2 aromatic rings. The van der Waals surface area contributed by atoms with E-state index in [0.29, 0.717) is 12.4 Å². The van der Waals surface area contributed by atoms with Crippen molar-refractivity contribution in [1.82, 2.24) is 9.55 Å². The van der Waals surface area contributed by atoms with Gasteiger partial charge in [0.05, 0.1) is 28.8 Å². The van der Waals surface area contributed by atoms with Gasteiger partial charge >= 0.3 is 5.97 Å². The summed E-state index contributed by atoms with van der Waals surface area (Å²) < 4.78 is 7.32. The largest absolute Gasteiger partial charge is 0.487 e. The molecule has 0 saturated carbocycles. The van der Waals surface area contributed by atoms with Crippen molar-refractivity contribution in [1.29, 1.82) is 0 Å². The van der Waals surface area contributed by atoms with Crippen molar-refractivity contribution in [3.8, 4) is 5.75 Å². The van der Waals surface area contributed by atoms with Gasteiger partial charge in [-0.3, -0.25) is 0 Å². The Morgan fingerprint density at radius 1 is 1.56 bits per heavy atom. The maximum absolute atomic E-state index is 10.9. The topological polar surface area (TPSA) is 64.4 Å². The van der Waals surface area contributed by atoms with Crippen molar-refractivity contribution in [2.45, 2.75) is 6.61 Å². The second-order valence-corrected chi connectivity index (χ2v) is 4.14. The van der Waals surface area contributed by atoms with Crippen LogP contribution in [0.1, 0.15) is 16.1 Å². The standard InChI is InChI=1S/C12H11ClN2O3/c1-15-7-14-5-8(15)6-18-9-2-3-11(13)10(4-9)12(16)17/h2-5,7H,6H2,1H3,(H,16,17). The van der Waals surface area contributed by atoms with Crippen molar-refractivity contribution < 1.29 is 14.6 Å². The summed E-state index contributed by atoms with van der Waals surface area (Å²) in [5, 5.41) is 9.12. The van der Waals surface area contributed by atoms with E-state index in [2.05, 4.69) is 4.98 Å². The molecule has 0 saturated heterocycles. The van der Waals surface area contributed by atoms with E-state index in [0.717, 1.165) is 5.69 Å². The maximum atomic E-state index is 10.9. The van der Waals surface area contributed by atoms with Gasteiger partial charge in [0.15, 0.2) is 0 Å². The zero-order chi connectivity index (χ0) is 13.1. The molecule has 2 rings (SSSR count). The average Bonchev–Trinajstić information content (AvgIpc) is 2.73. The van der Waals surface area contributed by atoms with Crippen molar-refractivity contribution in [3.05, 3.63) is 47.0 Å². The first-order valence-electron chi connectivity index (χ1n) is 5.19. The lowest BCUT2D eigenvalue weighted by Gasteiger charge is -2.08. The second-order valence-electron chi connectivity index (χ2n) is 3.73. The smallest absolute Gasteiger partial charge is 0.337 e. The number of carbonyl (C=O) groups is 1. The van der Waals surface area contributed by atoms with Gasteiger partial charge < -0.3 is 14.4 Å². The molecular formula is C12H11ClN2O3. The number of aromatic nitrogens is 2. The minimum atomic E-state index is -1.08. The van der Waals surface area contributed by atoms with E-state index < -0.39 is 5.97 Å². The Bertz CT molecular complexity index is 580. The summed E-state index contributed by atoms with van der Waals surface area (Å²) in [4.78, 5) is 14.9. The van der Waals surface area contributed by atoms with E-state index in [9.17, 15) is 4.79 Å². The number of halogens is 1. The predicted molar refractivity (Wildman–Crippen MR) is 66.0 cm³/mol. The van der Waals surface area contributed by atoms with Crippen LogP contribution in [0.4, 0.5) is 0 Å². The highest BCUT2D eigenvalue weighted by molar-refractivity contribution is 6.33. The van der Waals surface area contributed by atoms with Gasteiger partial charge in [-0.1, -0.05) is 11.6 Å². The summed E-state index contributed by atoms with van der Waals surface area (Å²) in [6.07, 6.45) is 3.36. The van der Waals surface area contributed by atoms with Gasteiger partial charge in [-0.2, -0.15) is 0 Å². The molecule has 0 aliphatic rings. The third-order valence-corrected chi connectivity index (χ3v) is 2.80. The lowest BCUT2D eigenvalue weighted by molar-refractivity contribution is 0.0696. The fourth-order valence-electron chi connectivity index (χ4n) is 1.44. The van der Waals surface area contributed by atoms with E-state index in [-0.39, 0.29) is 10.6 Å². The lowest BCUT2D eigenvalue weighted by Crippen LogP contribution is -2.03. The molecule has 5 nitrogen and oxygen atoms in total. The molecule has 1 N–H and O–H groups in total. The van der Waals surface area contributed by atoms with Crippen LogP contribution in [0.25, 0.3) is 0 Å². The van der Waals surface area contributed by atoms with E-state index >= 15 is 0 Å². The third-order valence-electron chi connectivity index (χ3n) is 2.47. The molecule has 0 aliphatic heterocycles. The van der Waals surface area contributed by atoms with Crippen LogP contribution >= 0.6 is 11.6 Å². The second kappa shape index (κ2) is 5.10. The Morgan fingerprint density at radius 2 is 2.33 bits per heavy atom. The highest BCUT2D eigenvalue weighted by atomic mass is 35.5. The first kappa shape index (κ1) is 12.4. The molecular weight excluding hydrogens is 256 g/mol. The highest BCUT2D eigenvalue weighted by Crippen LogP contribution is 2.22. The fourth-order valence-corrected chi connectivity index (χ4v) is 1.64. The number of hydrogen-bond donors (Lipinski definition) is 1. The molecule has 6 heteroatoms. The molecule has 0 unspecified atom stereocenters. The number of hydrogen-bond acceptors (Lipinski definition) is 3. The Labute approximate surface area is 109 Å². The van der Waals surface area contributed by atoms with Crippen LogP contribution in [-0.4, -0.2) is 20.6 Å². The van der Waals surface area contributed by atoms with Crippen molar-refractivity contribution in [3.63, 3.8) is 0 Å². The average molecular weight is 267 g/mol. The van der Waals surface area contributed by atoms with Gasteiger partial charge in [-0.15, -0.1) is 0 Å². The van der Waals surface area contributed by atoms with E-state index in [1.54, 1.807) is 18.6 Å². The summed E-state index contributed by atoms with van der Waals surface area (Å²) >= 11 is 5.77. The summed E-state index contributed by atoms with van der Waals surface area (Å²) in [6, 6.07) is 4.54. The normalized spacial score (nSPS) is 10.3. The molecule has 0 bridgehead atoms. The zero-order valence-corrected chi connectivity index (χ0v) is 10.4. The molecule has 0 amide bonds. The Kier molecular flexibility index (Phi) is 3.53. The quantitative estimate of drug-likeness (QED) is 0.923. The van der Waals surface area contributed by atoms with Gasteiger partial charge in [0.2, 0.25) is 0 Å². The van der Waals surface area contributed by atoms with Crippen LogP contribution in [0.3, 0.4) is 0 Å². The van der Waals surface area contributed by atoms with E-state index in [4.69, 9.17) is 21.4 Å². The molecule has 1 aromatic heterocycles. The van der Waals surface area contributed by atoms with Crippen molar-refractivity contribution in [2.75, 3.05) is 0 Å². The molecule has 0 spiro atoms. The van der Waals surface area contributed by atoms with Gasteiger partial charge in [-0.05, 0) is 18.2 Å². The molecule has 0 fully saturated rings. The number of carboxylic acids is 1. The number of benzene rings is 1. The third kappa shape index (κ3) is 2.62. The molecule has 94 valence electrons. The Morgan fingerprint density at radius 3 is 2.94 bits per heavy atom. The van der Waals surface area contributed by atoms with Gasteiger partial charge in [0, 0.05) is 7.05 Å². The number of rotatable bonds is 4. The van der Waals surface area contributed by atoms with E-state index in [1.807, 2.05) is 11.6 Å². The van der Waals surface area contributed by atoms with Crippen LogP contribution < -0.4 is 4.74 Å². The van der Waals surface area contributed by atoms with Crippen LogP contribution in [0.15, 0.2) is 30.7 Å². The van der Waals surface area contributed by atoms with Gasteiger partial charge in [0.1, 0.15) is 12.4 Å². The van der Waals surface area contributed by atoms with Crippen LogP contribution in [0, 0.1) is 0 Å². The molecule has 1 aromatic carbocycles. The van der Waals surface area contributed by atoms with E-state index in [1.165, 1.54) is 12.1 Å². The zero-order valence-electron chi connectivity index (χ0n) is 9.63. The fraction of sp³-hybridized carbons (Fsp3) is 0.167. The number of aromatic carboxylic acids is 1. The van der Waals surface area contributed by atoms with Crippen LogP contribution in [0.5, 0.6) is 5.75 Å².